The van der Waals surface area contributed by atoms with E-state index in [1.54, 1.807) is 12.2 Å². The molecule has 0 rings (SSSR count). The van der Waals surface area contributed by atoms with E-state index in [1.165, 1.54) is 57.8 Å². The van der Waals surface area contributed by atoms with Crippen LogP contribution in [0.15, 0.2) is 48.6 Å². The lowest BCUT2D eigenvalue weighted by molar-refractivity contribution is -0.161. The summed E-state index contributed by atoms with van der Waals surface area (Å²) >= 11 is 0. The molecule has 336 valence electrons. The zero-order chi connectivity index (χ0) is 43.2. The molecule has 0 amide bonds. The molecule has 14 nitrogen and oxygen atoms in total. The van der Waals surface area contributed by atoms with Crippen LogP contribution in [0.1, 0.15) is 162 Å². The van der Waals surface area contributed by atoms with Crippen molar-refractivity contribution < 1.29 is 66.3 Å². The van der Waals surface area contributed by atoms with Crippen LogP contribution in [0.3, 0.4) is 0 Å². The van der Waals surface area contributed by atoms with E-state index in [0.717, 1.165) is 44.9 Å². The SMILES string of the molecule is CCCCCCCCCCCCCCCC(=O)OC[C@H](COP(=O)(O)OC[C@@H](O)COP(=O)(O)O)OC(=O)CCC/C=C\C/C=C\C/C=C\C=C\C(=O)CCCCC. The Hall–Kier alpha value is -2.25. The molecule has 0 bridgehead atoms. The summed E-state index contributed by atoms with van der Waals surface area (Å²) in [6.45, 7) is 1.51. The van der Waals surface area contributed by atoms with Crippen LogP contribution in [0.25, 0.3) is 0 Å². The first kappa shape index (κ1) is 55.8. The minimum absolute atomic E-state index is 0.0298. The number of ether oxygens (including phenoxy) is 2. The van der Waals surface area contributed by atoms with Crippen molar-refractivity contribution in [1.29, 1.82) is 0 Å². The molecule has 0 saturated heterocycles. The number of phosphoric ester groups is 2. The second-order valence-electron chi connectivity index (χ2n) is 14.3. The number of hydrogen-bond acceptors (Lipinski definition) is 11. The number of hydrogen-bond donors (Lipinski definition) is 4. The zero-order valence-electron chi connectivity index (χ0n) is 35.1. The van der Waals surface area contributed by atoms with Gasteiger partial charge in [0.2, 0.25) is 0 Å². The highest BCUT2D eigenvalue weighted by Gasteiger charge is 2.28. The summed E-state index contributed by atoms with van der Waals surface area (Å²) in [5, 5.41) is 9.73. The molecule has 0 heterocycles. The van der Waals surface area contributed by atoms with Gasteiger partial charge in [-0.2, -0.15) is 0 Å². The Morgan fingerprint density at radius 1 is 0.552 bits per heavy atom. The van der Waals surface area contributed by atoms with Crippen molar-refractivity contribution in [2.45, 2.75) is 174 Å². The molecule has 0 fully saturated rings. The zero-order valence-corrected chi connectivity index (χ0v) is 36.9. The maximum absolute atomic E-state index is 12.6. The largest absolute Gasteiger partial charge is 0.472 e. The van der Waals surface area contributed by atoms with Crippen molar-refractivity contribution in [1.82, 2.24) is 0 Å². The van der Waals surface area contributed by atoms with Crippen molar-refractivity contribution in [3.8, 4) is 0 Å². The smallest absolute Gasteiger partial charge is 0.462 e. The lowest BCUT2D eigenvalue weighted by Crippen LogP contribution is -2.29. The van der Waals surface area contributed by atoms with Crippen LogP contribution in [0.4, 0.5) is 0 Å². The van der Waals surface area contributed by atoms with Gasteiger partial charge in [0.05, 0.1) is 19.8 Å². The van der Waals surface area contributed by atoms with E-state index < -0.39 is 66.2 Å². The third-order valence-corrected chi connectivity index (χ3v) is 10.1. The van der Waals surface area contributed by atoms with Crippen LogP contribution < -0.4 is 0 Å². The second-order valence-corrected chi connectivity index (χ2v) is 17.0. The number of aliphatic hydroxyl groups excluding tert-OH is 1. The number of allylic oxidation sites excluding steroid dienone is 8. The standard InChI is InChI=1S/C42H74O14P2/c1-3-5-7-8-9-10-11-12-15-18-21-24-28-32-41(45)52-36-40(37-55-58(50,51)54-35-39(44)34-53-57(47,48)49)56-42(46)33-29-25-22-19-16-13-14-17-20-23-27-31-38(43)30-26-6-4-2/h13-14,19-20,22-23,27,31,39-40,44H,3-12,15-18,21,24-26,28-30,32-37H2,1-2H3,(H,50,51)(H2,47,48,49)/b14-13-,22-19-,23-20-,31-27+/t39-,40+/m0/s1. The first-order valence-corrected chi connectivity index (χ1v) is 24.3. The van der Waals surface area contributed by atoms with Crippen LogP contribution >= 0.6 is 15.6 Å². The molecular formula is C42H74O14P2. The fourth-order valence-corrected chi connectivity index (χ4v) is 6.57. The summed E-state index contributed by atoms with van der Waals surface area (Å²) in [6.07, 6.45) is 33.8. The first-order valence-electron chi connectivity index (χ1n) is 21.3. The van der Waals surface area contributed by atoms with Crippen LogP contribution in [0.5, 0.6) is 0 Å². The molecule has 0 aromatic heterocycles. The normalized spacial score (nSPS) is 14.4. The van der Waals surface area contributed by atoms with E-state index >= 15 is 0 Å². The summed E-state index contributed by atoms with van der Waals surface area (Å²) in [7, 11) is -9.71. The number of rotatable bonds is 40. The van der Waals surface area contributed by atoms with Gasteiger partial charge in [0.1, 0.15) is 12.7 Å². The van der Waals surface area contributed by atoms with E-state index in [0.29, 0.717) is 32.1 Å². The van der Waals surface area contributed by atoms with Crippen LogP contribution in [-0.2, 0) is 46.6 Å². The van der Waals surface area contributed by atoms with Crippen LogP contribution in [-0.4, -0.2) is 76.1 Å². The summed E-state index contributed by atoms with van der Waals surface area (Å²) in [5.74, 6) is -0.988. The van der Waals surface area contributed by atoms with Gasteiger partial charge >= 0.3 is 27.6 Å². The monoisotopic (exact) mass is 864 g/mol. The number of phosphoric acid groups is 2. The number of unbranched alkanes of at least 4 members (excludes halogenated alkanes) is 15. The van der Waals surface area contributed by atoms with Crippen molar-refractivity contribution in [3.05, 3.63) is 48.6 Å². The van der Waals surface area contributed by atoms with Gasteiger partial charge in [0.15, 0.2) is 11.9 Å². The predicted octanol–water partition coefficient (Wildman–Crippen LogP) is 9.85. The lowest BCUT2D eigenvalue weighted by atomic mass is 10.0. The predicted molar refractivity (Wildman–Crippen MR) is 226 cm³/mol. The Bertz CT molecular complexity index is 1280. The van der Waals surface area contributed by atoms with E-state index in [1.807, 2.05) is 36.5 Å². The Labute approximate surface area is 347 Å². The molecule has 1 unspecified atom stereocenters. The van der Waals surface area contributed by atoms with Gasteiger partial charge in [0, 0.05) is 19.3 Å². The topological polar surface area (TPSA) is 212 Å². The number of aliphatic hydroxyl groups is 1. The molecule has 0 aliphatic heterocycles. The molecule has 0 aliphatic carbocycles. The van der Waals surface area contributed by atoms with Gasteiger partial charge in [-0.05, 0) is 44.6 Å². The average Bonchev–Trinajstić information content (AvgIpc) is 3.17. The fraction of sp³-hybridized carbons (Fsp3) is 0.738. The second kappa shape index (κ2) is 37.7. The van der Waals surface area contributed by atoms with E-state index in [9.17, 15) is 33.5 Å². The quantitative estimate of drug-likeness (QED) is 0.0113. The average molecular weight is 865 g/mol. The van der Waals surface area contributed by atoms with E-state index in [2.05, 4.69) is 22.9 Å². The summed E-state index contributed by atoms with van der Waals surface area (Å²) < 4.78 is 47.6. The van der Waals surface area contributed by atoms with Gasteiger partial charge < -0.3 is 29.3 Å². The number of carbonyl (C=O) groups excluding carboxylic acids is 3. The van der Waals surface area contributed by atoms with E-state index in [4.69, 9.17) is 23.8 Å². The third-order valence-electron chi connectivity index (χ3n) is 8.69. The minimum Gasteiger partial charge on any atom is -0.462 e. The molecular weight excluding hydrogens is 790 g/mol. The highest BCUT2D eigenvalue weighted by Crippen LogP contribution is 2.43. The van der Waals surface area contributed by atoms with Crippen molar-refractivity contribution >= 4 is 33.4 Å². The maximum Gasteiger partial charge on any atom is 0.472 e. The van der Waals surface area contributed by atoms with Gasteiger partial charge in [-0.1, -0.05) is 146 Å². The van der Waals surface area contributed by atoms with Crippen molar-refractivity contribution in [2.24, 2.45) is 0 Å². The Morgan fingerprint density at radius 2 is 1.05 bits per heavy atom. The summed E-state index contributed by atoms with van der Waals surface area (Å²) in [4.78, 5) is 64.3. The summed E-state index contributed by atoms with van der Waals surface area (Å²) in [6, 6.07) is 0. The van der Waals surface area contributed by atoms with Crippen LogP contribution in [0, 0.1) is 0 Å². The van der Waals surface area contributed by atoms with Crippen molar-refractivity contribution in [3.63, 3.8) is 0 Å². The maximum atomic E-state index is 12.6. The van der Waals surface area contributed by atoms with Crippen molar-refractivity contribution in [2.75, 3.05) is 26.4 Å². The number of ketones is 1. The summed E-state index contributed by atoms with van der Waals surface area (Å²) in [5.41, 5.74) is 0. The molecule has 0 aromatic rings. The number of esters is 2. The molecule has 0 aromatic carbocycles. The van der Waals surface area contributed by atoms with Gasteiger partial charge in [-0.25, -0.2) is 9.13 Å². The number of carbonyl (C=O) groups is 3. The fourth-order valence-electron chi connectivity index (χ4n) is 5.41. The minimum atomic E-state index is -4.87. The van der Waals surface area contributed by atoms with Gasteiger partial charge in [-0.3, -0.25) is 28.0 Å². The molecule has 4 N–H and O–H groups in total. The Balaban J connectivity index is 4.67. The highest BCUT2D eigenvalue weighted by molar-refractivity contribution is 7.47. The first-order chi connectivity index (χ1) is 27.8. The lowest BCUT2D eigenvalue weighted by Gasteiger charge is -2.20. The molecule has 0 aliphatic rings. The molecule has 16 heteroatoms. The van der Waals surface area contributed by atoms with Gasteiger partial charge in [-0.15, -0.1) is 0 Å². The molecule has 0 spiro atoms. The molecule has 3 atom stereocenters. The highest BCUT2D eigenvalue weighted by atomic mass is 31.2. The molecule has 0 saturated carbocycles. The Morgan fingerprint density at radius 3 is 1.67 bits per heavy atom. The molecule has 58 heavy (non-hydrogen) atoms. The van der Waals surface area contributed by atoms with E-state index in [-0.39, 0.29) is 18.6 Å². The third kappa shape index (κ3) is 40.5. The van der Waals surface area contributed by atoms with Gasteiger partial charge in [0.25, 0.3) is 0 Å². The Kier molecular flexibility index (Phi) is 36.3. The molecule has 0 radical (unpaired) electrons. The van der Waals surface area contributed by atoms with Crippen LogP contribution in [0.2, 0.25) is 0 Å².